The van der Waals surface area contributed by atoms with Gasteiger partial charge in [0.25, 0.3) is 0 Å². The number of hydrogen-bond donors (Lipinski definition) is 1. The molecule has 3 aromatic rings. The lowest BCUT2D eigenvalue weighted by molar-refractivity contribution is 0.305. The normalized spacial score (nSPS) is 10.7. The van der Waals surface area contributed by atoms with Crippen LogP contribution in [0, 0.1) is 6.92 Å². The molecule has 0 atom stereocenters. The van der Waals surface area contributed by atoms with Gasteiger partial charge in [-0.15, -0.1) is 0 Å². The minimum absolute atomic E-state index is 0.568. The van der Waals surface area contributed by atoms with E-state index in [0.717, 1.165) is 30.7 Å². The molecule has 0 aliphatic carbocycles. The third kappa shape index (κ3) is 4.81. The maximum atomic E-state index is 5.95. The average Bonchev–Trinajstić information content (AvgIpc) is 3.12. The molecule has 0 fully saturated rings. The lowest BCUT2D eigenvalue weighted by Crippen LogP contribution is -2.09. The third-order valence-electron chi connectivity index (χ3n) is 4.26. The predicted molar refractivity (Wildman–Crippen MR) is 102 cm³/mol. The lowest BCUT2D eigenvalue weighted by atomic mass is 10.1. The Balaban J connectivity index is 1.57. The van der Waals surface area contributed by atoms with E-state index in [9.17, 15) is 0 Å². The Morgan fingerprint density at radius 3 is 2.85 bits per heavy atom. The molecular weight excluding hydrogens is 326 g/mol. The van der Waals surface area contributed by atoms with E-state index in [4.69, 9.17) is 4.74 Å². The first-order chi connectivity index (χ1) is 12.8. The van der Waals surface area contributed by atoms with Crippen molar-refractivity contribution in [3.05, 3.63) is 65.2 Å². The second-order valence-corrected chi connectivity index (χ2v) is 6.30. The van der Waals surface area contributed by atoms with E-state index in [1.54, 1.807) is 0 Å². The number of anilines is 1. The van der Waals surface area contributed by atoms with Gasteiger partial charge in [0.1, 0.15) is 12.4 Å². The molecule has 0 aliphatic rings. The molecule has 26 heavy (non-hydrogen) atoms. The fourth-order valence-corrected chi connectivity index (χ4v) is 2.65. The number of unbranched alkanes of at least 4 members (excludes halogenated alkanes) is 1. The van der Waals surface area contributed by atoms with Gasteiger partial charge in [-0.2, -0.15) is 0 Å². The van der Waals surface area contributed by atoms with Crippen LogP contribution in [0.5, 0.6) is 5.75 Å². The average molecular weight is 351 g/mol. The number of nitrogens with one attached hydrogen (secondary N) is 1. The predicted octanol–water partition coefficient (Wildman–Crippen LogP) is 3.97. The SMILES string of the molecule is CCCCn1nnnc1NCc1cccc(OCc2ccccc2C)c1. The number of benzene rings is 2. The topological polar surface area (TPSA) is 64.9 Å². The third-order valence-corrected chi connectivity index (χ3v) is 4.26. The van der Waals surface area contributed by atoms with Crippen molar-refractivity contribution in [3.8, 4) is 5.75 Å². The van der Waals surface area contributed by atoms with Gasteiger partial charge >= 0.3 is 0 Å². The smallest absolute Gasteiger partial charge is 0.243 e. The van der Waals surface area contributed by atoms with Crippen LogP contribution < -0.4 is 10.1 Å². The second-order valence-electron chi connectivity index (χ2n) is 6.30. The van der Waals surface area contributed by atoms with Crippen molar-refractivity contribution in [3.63, 3.8) is 0 Å². The Kier molecular flexibility index (Phi) is 6.19. The van der Waals surface area contributed by atoms with E-state index in [-0.39, 0.29) is 0 Å². The van der Waals surface area contributed by atoms with E-state index in [2.05, 4.69) is 52.9 Å². The summed E-state index contributed by atoms with van der Waals surface area (Å²) in [4.78, 5) is 0. The van der Waals surface area contributed by atoms with Crippen LogP contribution in [0.1, 0.15) is 36.5 Å². The summed E-state index contributed by atoms with van der Waals surface area (Å²) < 4.78 is 7.76. The number of aryl methyl sites for hydroxylation is 2. The zero-order valence-electron chi connectivity index (χ0n) is 15.4. The van der Waals surface area contributed by atoms with Crippen LogP contribution in [0.2, 0.25) is 0 Å². The highest BCUT2D eigenvalue weighted by molar-refractivity contribution is 5.33. The van der Waals surface area contributed by atoms with Crippen molar-refractivity contribution in [1.82, 2.24) is 20.2 Å². The highest BCUT2D eigenvalue weighted by Gasteiger charge is 2.06. The zero-order chi connectivity index (χ0) is 18.2. The Labute approximate surface area is 154 Å². The number of hydrogen-bond acceptors (Lipinski definition) is 5. The second kappa shape index (κ2) is 8.99. The monoisotopic (exact) mass is 351 g/mol. The fourth-order valence-electron chi connectivity index (χ4n) is 2.65. The van der Waals surface area contributed by atoms with Crippen molar-refractivity contribution in [2.75, 3.05) is 5.32 Å². The fraction of sp³-hybridized carbons (Fsp3) is 0.350. The molecule has 3 rings (SSSR count). The highest BCUT2D eigenvalue weighted by Crippen LogP contribution is 2.17. The summed E-state index contributed by atoms with van der Waals surface area (Å²) in [6.45, 7) is 6.29. The molecule has 0 amide bonds. The minimum Gasteiger partial charge on any atom is -0.489 e. The number of nitrogens with zero attached hydrogens (tertiary/aromatic N) is 4. The van der Waals surface area contributed by atoms with E-state index in [0.29, 0.717) is 19.1 Å². The number of aromatic nitrogens is 4. The van der Waals surface area contributed by atoms with E-state index in [1.165, 1.54) is 11.1 Å². The quantitative estimate of drug-likeness (QED) is 0.632. The van der Waals surface area contributed by atoms with Gasteiger partial charge in [-0.25, -0.2) is 4.68 Å². The van der Waals surface area contributed by atoms with Crippen LogP contribution in [-0.2, 0) is 19.7 Å². The first-order valence-corrected chi connectivity index (χ1v) is 9.02. The molecule has 1 aromatic heterocycles. The molecule has 0 bridgehead atoms. The first kappa shape index (κ1) is 17.9. The van der Waals surface area contributed by atoms with Crippen LogP contribution >= 0.6 is 0 Å². The Morgan fingerprint density at radius 1 is 1.12 bits per heavy atom. The zero-order valence-corrected chi connectivity index (χ0v) is 15.4. The first-order valence-electron chi connectivity index (χ1n) is 9.02. The molecule has 0 saturated heterocycles. The molecular formula is C20H25N5O. The molecule has 0 radical (unpaired) electrons. The number of tetrazole rings is 1. The van der Waals surface area contributed by atoms with Gasteiger partial charge in [0.15, 0.2) is 0 Å². The maximum Gasteiger partial charge on any atom is 0.243 e. The Morgan fingerprint density at radius 2 is 2.00 bits per heavy atom. The van der Waals surface area contributed by atoms with E-state index >= 15 is 0 Å². The van der Waals surface area contributed by atoms with Crippen LogP contribution in [-0.4, -0.2) is 20.2 Å². The minimum atomic E-state index is 0.568. The number of rotatable bonds is 9. The Hall–Kier alpha value is -2.89. The lowest BCUT2D eigenvalue weighted by Gasteiger charge is -2.11. The van der Waals surface area contributed by atoms with Crippen molar-refractivity contribution in [2.45, 2.75) is 46.4 Å². The molecule has 0 spiro atoms. The van der Waals surface area contributed by atoms with E-state index < -0.39 is 0 Å². The molecule has 136 valence electrons. The summed E-state index contributed by atoms with van der Waals surface area (Å²) in [6, 6.07) is 16.4. The summed E-state index contributed by atoms with van der Waals surface area (Å²) in [6.07, 6.45) is 2.17. The summed E-state index contributed by atoms with van der Waals surface area (Å²) in [5.74, 6) is 1.56. The van der Waals surface area contributed by atoms with Gasteiger partial charge in [-0.1, -0.05) is 54.8 Å². The molecule has 1 heterocycles. The number of ether oxygens (including phenoxy) is 1. The highest BCUT2D eigenvalue weighted by atomic mass is 16.5. The van der Waals surface area contributed by atoms with Gasteiger partial charge in [0, 0.05) is 13.1 Å². The maximum absolute atomic E-state index is 5.95. The Bertz CT molecular complexity index is 830. The van der Waals surface area contributed by atoms with Gasteiger partial charge in [0.2, 0.25) is 5.95 Å². The molecule has 0 saturated carbocycles. The van der Waals surface area contributed by atoms with Gasteiger partial charge < -0.3 is 10.1 Å². The van der Waals surface area contributed by atoms with Gasteiger partial charge in [0.05, 0.1) is 0 Å². The van der Waals surface area contributed by atoms with Gasteiger partial charge in [-0.05, 0) is 52.6 Å². The van der Waals surface area contributed by atoms with Gasteiger partial charge in [-0.3, -0.25) is 0 Å². The summed E-state index contributed by atoms with van der Waals surface area (Å²) in [5.41, 5.74) is 3.56. The molecule has 0 aliphatic heterocycles. The van der Waals surface area contributed by atoms with Crippen LogP contribution in [0.25, 0.3) is 0 Å². The van der Waals surface area contributed by atoms with Crippen molar-refractivity contribution in [1.29, 1.82) is 0 Å². The van der Waals surface area contributed by atoms with Crippen molar-refractivity contribution in [2.24, 2.45) is 0 Å². The molecule has 1 N–H and O–H groups in total. The van der Waals surface area contributed by atoms with Crippen LogP contribution in [0.4, 0.5) is 5.95 Å². The molecule has 2 aromatic carbocycles. The summed E-state index contributed by atoms with van der Waals surface area (Å²) in [5, 5.41) is 15.1. The summed E-state index contributed by atoms with van der Waals surface area (Å²) in [7, 11) is 0. The van der Waals surface area contributed by atoms with Crippen LogP contribution in [0.15, 0.2) is 48.5 Å². The standard InChI is InChI=1S/C20H25N5O/c1-3-4-12-25-20(22-23-24-25)21-14-17-9-7-11-19(13-17)26-15-18-10-6-5-8-16(18)2/h5-11,13H,3-4,12,14-15H2,1-2H3,(H,21,22,24). The van der Waals surface area contributed by atoms with Crippen LogP contribution in [0.3, 0.4) is 0 Å². The van der Waals surface area contributed by atoms with Crippen molar-refractivity contribution < 1.29 is 4.74 Å². The summed E-state index contributed by atoms with van der Waals surface area (Å²) >= 11 is 0. The largest absolute Gasteiger partial charge is 0.489 e. The molecule has 6 nitrogen and oxygen atoms in total. The van der Waals surface area contributed by atoms with E-state index in [1.807, 2.05) is 35.0 Å². The van der Waals surface area contributed by atoms with Crippen molar-refractivity contribution >= 4 is 5.95 Å². The molecule has 0 unspecified atom stereocenters. The molecule has 6 heteroatoms.